The maximum absolute atomic E-state index is 12.4. The second kappa shape index (κ2) is 5.23. The maximum Gasteiger partial charge on any atom is 0.276 e. The van der Waals surface area contributed by atoms with E-state index in [1.165, 1.54) is 0 Å². The Labute approximate surface area is 114 Å². The van der Waals surface area contributed by atoms with Crippen LogP contribution in [0, 0.1) is 11.8 Å². The number of anilines is 1. The number of nitrogens with zero attached hydrogens (tertiary/aromatic N) is 2. The van der Waals surface area contributed by atoms with Gasteiger partial charge in [-0.15, -0.1) is 0 Å². The maximum atomic E-state index is 12.4. The van der Waals surface area contributed by atoms with Crippen LogP contribution >= 0.6 is 0 Å². The average molecular weight is 264 g/mol. The van der Waals surface area contributed by atoms with E-state index in [9.17, 15) is 4.79 Å². The van der Waals surface area contributed by atoms with Crippen LogP contribution < -0.4 is 5.73 Å². The second-order valence-electron chi connectivity index (χ2n) is 6.10. The number of hydrogen-bond donors (Lipinski definition) is 2. The minimum Gasteiger partial charge on any atom is -0.395 e. The van der Waals surface area contributed by atoms with E-state index in [-0.39, 0.29) is 11.8 Å². The summed E-state index contributed by atoms with van der Waals surface area (Å²) < 4.78 is 0. The third kappa shape index (κ3) is 2.60. The second-order valence-corrected chi connectivity index (χ2v) is 6.10. The van der Waals surface area contributed by atoms with Crippen LogP contribution in [0.1, 0.15) is 56.2 Å². The van der Waals surface area contributed by atoms with Gasteiger partial charge >= 0.3 is 0 Å². The highest BCUT2D eigenvalue weighted by Gasteiger charge is 2.31. The largest absolute Gasteiger partial charge is 0.395 e. The molecule has 1 amide bonds. The van der Waals surface area contributed by atoms with E-state index in [0.717, 1.165) is 25.2 Å². The molecule has 0 aromatic carbocycles. The lowest BCUT2D eigenvalue weighted by Crippen LogP contribution is -2.30. The Bertz CT molecular complexity index is 464. The van der Waals surface area contributed by atoms with Gasteiger partial charge in [-0.1, -0.05) is 27.7 Å². The summed E-state index contributed by atoms with van der Waals surface area (Å²) in [6.45, 7) is 10.1. The molecule has 1 atom stereocenters. The lowest BCUT2D eigenvalue weighted by atomic mass is 9.95. The molecule has 106 valence electrons. The number of carbonyl (C=O) groups excluding carboxylic acids is 1. The van der Waals surface area contributed by atoms with Gasteiger partial charge in [-0.25, -0.2) is 0 Å². The quantitative estimate of drug-likeness (QED) is 0.879. The molecule has 0 saturated carbocycles. The molecule has 1 aliphatic heterocycles. The summed E-state index contributed by atoms with van der Waals surface area (Å²) in [5.74, 6) is 1.41. The number of nitrogens with two attached hydrogens (primary N) is 1. The van der Waals surface area contributed by atoms with Gasteiger partial charge in [-0.2, -0.15) is 5.10 Å². The highest BCUT2D eigenvalue weighted by atomic mass is 16.2. The Hall–Kier alpha value is -1.52. The molecule has 2 rings (SSSR count). The molecule has 19 heavy (non-hydrogen) atoms. The Morgan fingerprint density at radius 3 is 2.58 bits per heavy atom. The number of nitrogens with one attached hydrogen (secondary N) is 1. The molecule has 0 radical (unpaired) electrons. The first-order valence-corrected chi connectivity index (χ1v) is 7.04. The van der Waals surface area contributed by atoms with Gasteiger partial charge in [0.25, 0.3) is 5.91 Å². The zero-order valence-electron chi connectivity index (χ0n) is 12.2. The van der Waals surface area contributed by atoms with Crippen LogP contribution in [-0.2, 0) is 0 Å². The van der Waals surface area contributed by atoms with Gasteiger partial charge in [0, 0.05) is 13.1 Å². The Balaban J connectivity index is 2.13. The van der Waals surface area contributed by atoms with Crippen LogP contribution in [0.3, 0.4) is 0 Å². The molecule has 1 aromatic rings. The summed E-state index contributed by atoms with van der Waals surface area (Å²) in [6.07, 6.45) is 1.07. The summed E-state index contributed by atoms with van der Waals surface area (Å²) in [4.78, 5) is 14.3. The summed E-state index contributed by atoms with van der Waals surface area (Å²) in [6, 6.07) is 0. The topological polar surface area (TPSA) is 75.0 Å². The van der Waals surface area contributed by atoms with Crippen LogP contribution in [0.5, 0.6) is 0 Å². The van der Waals surface area contributed by atoms with Crippen LogP contribution in [-0.4, -0.2) is 34.1 Å². The number of H-pyrrole nitrogens is 1. The molecule has 0 bridgehead atoms. The van der Waals surface area contributed by atoms with Gasteiger partial charge in [0.1, 0.15) is 0 Å². The fourth-order valence-electron chi connectivity index (χ4n) is 2.63. The number of nitrogen functional groups attached to an aromatic ring is 1. The molecule has 2 heterocycles. The van der Waals surface area contributed by atoms with E-state index in [4.69, 9.17) is 5.73 Å². The average Bonchev–Trinajstić information content (AvgIpc) is 2.94. The monoisotopic (exact) mass is 264 g/mol. The van der Waals surface area contributed by atoms with Crippen molar-refractivity contribution in [3.8, 4) is 0 Å². The molecule has 0 aliphatic carbocycles. The van der Waals surface area contributed by atoms with Gasteiger partial charge in [-0.05, 0) is 24.2 Å². The van der Waals surface area contributed by atoms with E-state index in [2.05, 4.69) is 24.0 Å². The smallest absolute Gasteiger partial charge is 0.276 e. The number of rotatable bonds is 3. The lowest BCUT2D eigenvalue weighted by Gasteiger charge is -2.17. The highest BCUT2D eigenvalue weighted by molar-refractivity contribution is 5.97. The van der Waals surface area contributed by atoms with Crippen molar-refractivity contribution < 1.29 is 4.79 Å². The fourth-order valence-corrected chi connectivity index (χ4v) is 2.63. The van der Waals surface area contributed by atoms with Crippen molar-refractivity contribution in [2.45, 2.75) is 40.0 Å². The standard InChI is InChI=1S/C14H24N4O/c1-8(2)10-5-6-18(7-10)14(19)13-11(15)12(9(3)4)16-17-13/h8-10H,5-7,15H2,1-4H3,(H,16,17). The lowest BCUT2D eigenvalue weighted by molar-refractivity contribution is 0.0779. The van der Waals surface area contributed by atoms with E-state index in [1.807, 2.05) is 18.7 Å². The third-order valence-corrected chi connectivity index (χ3v) is 4.07. The number of aromatic nitrogens is 2. The predicted molar refractivity (Wildman–Crippen MR) is 75.9 cm³/mol. The molecule has 1 aliphatic rings. The minimum absolute atomic E-state index is 0.0381. The molecule has 1 unspecified atom stereocenters. The first kappa shape index (κ1) is 13.9. The third-order valence-electron chi connectivity index (χ3n) is 4.07. The van der Waals surface area contributed by atoms with Crippen molar-refractivity contribution in [1.29, 1.82) is 0 Å². The minimum atomic E-state index is -0.0381. The van der Waals surface area contributed by atoms with E-state index in [0.29, 0.717) is 23.2 Å². The SMILES string of the molecule is CC(C)c1[nH]nc(C(=O)N2CCC(C(C)C)C2)c1N. The summed E-state index contributed by atoms with van der Waals surface area (Å²) >= 11 is 0. The number of carbonyl (C=O) groups is 1. The number of aromatic amines is 1. The van der Waals surface area contributed by atoms with Gasteiger partial charge < -0.3 is 10.6 Å². The fraction of sp³-hybridized carbons (Fsp3) is 0.714. The molecule has 5 heteroatoms. The van der Waals surface area contributed by atoms with Gasteiger partial charge in [0.2, 0.25) is 0 Å². The van der Waals surface area contributed by atoms with Crippen LogP contribution in [0.4, 0.5) is 5.69 Å². The first-order valence-electron chi connectivity index (χ1n) is 7.04. The molecule has 1 aromatic heterocycles. The predicted octanol–water partition coefficient (Wildman–Crippen LogP) is 2.23. The van der Waals surface area contributed by atoms with Crippen molar-refractivity contribution in [3.63, 3.8) is 0 Å². The molecule has 5 nitrogen and oxygen atoms in total. The highest BCUT2D eigenvalue weighted by Crippen LogP contribution is 2.27. The van der Waals surface area contributed by atoms with Crippen LogP contribution in [0.15, 0.2) is 0 Å². The number of amides is 1. The van der Waals surface area contributed by atoms with Crippen molar-refractivity contribution in [2.24, 2.45) is 11.8 Å². The van der Waals surface area contributed by atoms with Gasteiger partial charge in [0.05, 0.1) is 11.4 Å². The number of hydrogen-bond acceptors (Lipinski definition) is 3. The Morgan fingerprint density at radius 1 is 1.42 bits per heavy atom. The van der Waals surface area contributed by atoms with E-state index >= 15 is 0 Å². The van der Waals surface area contributed by atoms with E-state index < -0.39 is 0 Å². The number of likely N-dealkylation sites (tertiary alicyclic amines) is 1. The molecule has 1 fully saturated rings. The van der Waals surface area contributed by atoms with Crippen LogP contribution in [0.25, 0.3) is 0 Å². The van der Waals surface area contributed by atoms with Crippen molar-refractivity contribution in [2.75, 3.05) is 18.8 Å². The zero-order valence-corrected chi connectivity index (χ0v) is 12.2. The Kier molecular flexibility index (Phi) is 3.83. The molecular formula is C14H24N4O. The molecule has 3 N–H and O–H groups in total. The van der Waals surface area contributed by atoms with Crippen molar-refractivity contribution in [1.82, 2.24) is 15.1 Å². The molecule has 1 saturated heterocycles. The molecule has 0 spiro atoms. The summed E-state index contributed by atoms with van der Waals surface area (Å²) in [7, 11) is 0. The zero-order chi connectivity index (χ0) is 14.2. The molecular weight excluding hydrogens is 240 g/mol. The van der Waals surface area contributed by atoms with Crippen molar-refractivity contribution >= 4 is 11.6 Å². The normalized spacial score (nSPS) is 19.7. The van der Waals surface area contributed by atoms with E-state index in [1.54, 1.807) is 0 Å². The van der Waals surface area contributed by atoms with Gasteiger partial charge in [0.15, 0.2) is 5.69 Å². The summed E-state index contributed by atoms with van der Waals surface area (Å²) in [5.41, 5.74) is 7.77. The first-order chi connectivity index (χ1) is 8.91. The Morgan fingerprint density at radius 2 is 2.11 bits per heavy atom. The summed E-state index contributed by atoms with van der Waals surface area (Å²) in [5, 5.41) is 7.00. The van der Waals surface area contributed by atoms with Crippen molar-refractivity contribution in [3.05, 3.63) is 11.4 Å². The van der Waals surface area contributed by atoms with Crippen LogP contribution in [0.2, 0.25) is 0 Å². The van der Waals surface area contributed by atoms with Gasteiger partial charge in [-0.3, -0.25) is 9.89 Å².